The Hall–Kier alpha value is -1.39. The quantitative estimate of drug-likeness (QED) is 0.813. The normalized spacial score (nSPS) is 17.5. The van der Waals surface area contributed by atoms with Crippen LogP contribution in [0.4, 0.5) is 0 Å². The van der Waals surface area contributed by atoms with Gasteiger partial charge in [-0.3, -0.25) is 0 Å². The minimum atomic E-state index is -3.45. The summed E-state index contributed by atoms with van der Waals surface area (Å²) in [4.78, 5) is 0.316. The standard InChI is InChI=1S/C15H19NO2S/c1-3-4-5-15(13-8-9-13)16-19(17,18)14-10-6-12(2)7-11-14/h3-7,10-11,13,15-16H,1,8-9H2,2H3/b5-4-/t15-/m1/s1. The first-order chi connectivity index (χ1) is 9.03. The molecule has 0 saturated heterocycles. The summed E-state index contributed by atoms with van der Waals surface area (Å²) in [5.41, 5.74) is 1.05. The van der Waals surface area contributed by atoms with E-state index >= 15 is 0 Å². The molecule has 0 bridgehead atoms. The minimum absolute atomic E-state index is 0.135. The fraction of sp³-hybridized carbons (Fsp3) is 0.333. The molecule has 0 unspecified atom stereocenters. The zero-order chi connectivity index (χ0) is 13.9. The van der Waals surface area contributed by atoms with Gasteiger partial charge in [0.15, 0.2) is 0 Å². The van der Waals surface area contributed by atoms with E-state index in [0.29, 0.717) is 10.8 Å². The number of benzene rings is 1. The van der Waals surface area contributed by atoms with Gasteiger partial charge in [-0.2, -0.15) is 0 Å². The van der Waals surface area contributed by atoms with Crippen LogP contribution in [0.3, 0.4) is 0 Å². The van der Waals surface area contributed by atoms with Gasteiger partial charge in [-0.25, -0.2) is 13.1 Å². The molecule has 1 N–H and O–H groups in total. The van der Waals surface area contributed by atoms with Crippen molar-refractivity contribution in [3.8, 4) is 0 Å². The maximum atomic E-state index is 12.3. The molecule has 0 aliphatic heterocycles. The Morgan fingerprint density at radius 1 is 1.32 bits per heavy atom. The van der Waals surface area contributed by atoms with Gasteiger partial charge < -0.3 is 0 Å². The van der Waals surface area contributed by atoms with Crippen LogP contribution in [-0.2, 0) is 10.0 Å². The molecule has 102 valence electrons. The summed E-state index contributed by atoms with van der Waals surface area (Å²) < 4.78 is 27.3. The van der Waals surface area contributed by atoms with Gasteiger partial charge in [0.1, 0.15) is 0 Å². The average Bonchev–Trinajstić information content (AvgIpc) is 3.19. The van der Waals surface area contributed by atoms with Crippen LogP contribution in [-0.4, -0.2) is 14.5 Å². The monoisotopic (exact) mass is 277 g/mol. The average molecular weight is 277 g/mol. The van der Waals surface area contributed by atoms with Crippen molar-refractivity contribution >= 4 is 10.0 Å². The Morgan fingerprint density at radius 3 is 2.47 bits per heavy atom. The summed E-state index contributed by atoms with van der Waals surface area (Å²) in [6, 6.07) is 6.75. The van der Waals surface area contributed by atoms with Crippen molar-refractivity contribution < 1.29 is 8.42 Å². The lowest BCUT2D eigenvalue weighted by Gasteiger charge is -2.14. The second-order valence-corrected chi connectivity index (χ2v) is 6.63. The summed E-state index contributed by atoms with van der Waals surface area (Å²) in [7, 11) is -3.45. The lowest BCUT2D eigenvalue weighted by Crippen LogP contribution is -2.34. The smallest absolute Gasteiger partial charge is 0.207 e. The van der Waals surface area contributed by atoms with Gasteiger partial charge >= 0.3 is 0 Å². The molecule has 1 saturated carbocycles. The predicted molar refractivity (Wildman–Crippen MR) is 77.3 cm³/mol. The van der Waals surface area contributed by atoms with E-state index in [4.69, 9.17) is 0 Å². The minimum Gasteiger partial charge on any atom is -0.207 e. The Kier molecular flexibility index (Phi) is 4.22. The summed E-state index contributed by atoms with van der Waals surface area (Å²) in [6.45, 7) is 5.55. The molecule has 0 heterocycles. The van der Waals surface area contributed by atoms with Crippen molar-refractivity contribution in [2.24, 2.45) is 5.92 Å². The van der Waals surface area contributed by atoms with Crippen LogP contribution < -0.4 is 4.72 Å². The zero-order valence-corrected chi connectivity index (χ0v) is 11.9. The van der Waals surface area contributed by atoms with E-state index in [0.717, 1.165) is 18.4 Å². The molecule has 1 aliphatic rings. The molecule has 19 heavy (non-hydrogen) atoms. The topological polar surface area (TPSA) is 46.2 Å². The summed E-state index contributed by atoms with van der Waals surface area (Å²) in [5.74, 6) is 0.413. The molecule has 4 heteroatoms. The maximum absolute atomic E-state index is 12.3. The first-order valence-corrected chi connectivity index (χ1v) is 7.89. The van der Waals surface area contributed by atoms with Crippen LogP contribution in [0.1, 0.15) is 18.4 Å². The highest BCUT2D eigenvalue weighted by atomic mass is 32.2. The molecule has 1 aliphatic carbocycles. The van der Waals surface area contributed by atoms with Crippen LogP contribution in [0.5, 0.6) is 0 Å². The highest BCUT2D eigenvalue weighted by Gasteiger charge is 2.32. The fourth-order valence-corrected chi connectivity index (χ4v) is 3.17. The van der Waals surface area contributed by atoms with Crippen LogP contribution in [0.2, 0.25) is 0 Å². The fourth-order valence-electron chi connectivity index (χ4n) is 1.91. The molecular formula is C15H19NO2S. The van der Waals surface area contributed by atoms with Crippen LogP contribution in [0, 0.1) is 12.8 Å². The van der Waals surface area contributed by atoms with E-state index in [1.807, 2.05) is 13.0 Å². The number of rotatable bonds is 6. The number of aryl methyl sites for hydroxylation is 1. The highest BCUT2D eigenvalue weighted by molar-refractivity contribution is 7.89. The van der Waals surface area contributed by atoms with E-state index < -0.39 is 10.0 Å². The zero-order valence-electron chi connectivity index (χ0n) is 11.0. The number of hydrogen-bond acceptors (Lipinski definition) is 2. The van der Waals surface area contributed by atoms with Gasteiger partial charge in [0.2, 0.25) is 10.0 Å². The van der Waals surface area contributed by atoms with E-state index in [1.54, 1.807) is 36.4 Å². The second-order valence-electron chi connectivity index (χ2n) is 4.92. The van der Waals surface area contributed by atoms with Crippen molar-refractivity contribution in [3.05, 3.63) is 54.6 Å². The molecular weight excluding hydrogens is 258 g/mol. The van der Waals surface area contributed by atoms with Gasteiger partial charge in [-0.05, 0) is 37.8 Å². The summed E-state index contributed by atoms with van der Waals surface area (Å²) in [6.07, 6.45) is 7.47. The Morgan fingerprint density at radius 2 is 1.95 bits per heavy atom. The molecule has 1 atom stereocenters. The van der Waals surface area contributed by atoms with Crippen molar-refractivity contribution in [3.63, 3.8) is 0 Å². The lowest BCUT2D eigenvalue weighted by atomic mass is 10.2. The molecule has 2 rings (SSSR count). The van der Waals surface area contributed by atoms with Crippen LogP contribution >= 0.6 is 0 Å². The first kappa shape index (κ1) is 14.0. The molecule has 0 radical (unpaired) electrons. The predicted octanol–water partition coefficient (Wildman–Crippen LogP) is 2.79. The van der Waals surface area contributed by atoms with E-state index in [2.05, 4.69) is 11.3 Å². The number of sulfonamides is 1. The molecule has 3 nitrogen and oxygen atoms in total. The van der Waals surface area contributed by atoms with Gasteiger partial charge in [0, 0.05) is 6.04 Å². The third kappa shape index (κ3) is 3.78. The second kappa shape index (κ2) is 5.72. The first-order valence-electron chi connectivity index (χ1n) is 6.41. The van der Waals surface area contributed by atoms with Crippen molar-refractivity contribution in [1.29, 1.82) is 0 Å². The van der Waals surface area contributed by atoms with E-state index in [-0.39, 0.29) is 6.04 Å². The lowest BCUT2D eigenvalue weighted by molar-refractivity contribution is 0.557. The van der Waals surface area contributed by atoms with Gasteiger partial charge in [0.05, 0.1) is 4.90 Å². The molecule has 0 amide bonds. The molecule has 1 aromatic rings. The molecule has 0 aromatic heterocycles. The Labute approximate surface area is 115 Å². The van der Waals surface area contributed by atoms with E-state index in [1.165, 1.54) is 0 Å². The van der Waals surface area contributed by atoms with Crippen molar-refractivity contribution in [2.45, 2.75) is 30.7 Å². The Bertz CT molecular complexity index is 569. The van der Waals surface area contributed by atoms with Crippen LogP contribution in [0.25, 0.3) is 0 Å². The number of hydrogen-bond donors (Lipinski definition) is 1. The molecule has 1 fully saturated rings. The number of nitrogens with one attached hydrogen (secondary N) is 1. The number of allylic oxidation sites excluding steroid dienone is 2. The molecule has 0 spiro atoms. The van der Waals surface area contributed by atoms with Crippen molar-refractivity contribution in [1.82, 2.24) is 4.72 Å². The van der Waals surface area contributed by atoms with Gasteiger partial charge in [-0.1, -0.05) is 42.5 Å². The third-order valence-corrected chi connectivity index (χ3v) is 4.68. The summed E-state index contributed by atoms with van der Waals surface area (Å²) in [5, 5.41) is 0. The summed E-state index contributed by atoms with van der Waals surface area (Å²) >= 11 is 0. The van der Waals surface area contributed by atoms with E-state index in [9.17, 15) is 8.42 Å². The van der Waals surface area contributed by atoms with Crippen molar-refractivity contribution in [2.75, 3.05) is 0 Å². The third-order valence-electron chi connectivity index (χ3n) is 3.21. The largest absolute Gasteiger partial charge is 0.241 e. The molecule has 1 aromatic carbocycles. The maximum Gasteiger partial charge on any atom is 0.241 e. The van der Waals surface area contributed by atoms with Gasteiger partial charge in [0.25, 0.3) is 0 Å². The SMILES string of the molecule is C=C/C=C\[C@@H](NS(=O)(=O)c1ccc(C)cc1)C1CC1. The van der Waals surface area contributed by atoms with Gasteiger partial charge in [-0.15, -0.1) is 0 Å². The van der Waals surface area contributed by atoms with Crippen LogP contribution in [0.15, 0.2) is 54.0 Å². The Balaban J connectivity index is 2.17. The highest BCUT2D eigenvalue weighted by Crippen LogP contribution is 2.34.